The van der Waals surface area contributed by atoms with Gasteiger partial charge in [0.2, 0.25) is 0 Å². The van der Waals surface area contributed by atoms with Crippen LogP contribution in [0, 0.1) is 13.8 Å². The molecule has 0 spiro atoms. The first-order valence-electron chi connectivity index (χ1n) is 9.14. The van der Waals surface area contributed by atoms with Crippen LogP contribution in [0.1, 0.15) is 36.9 Å². The summed E-state index contributed by atoms with van der Waals surface area (Å²) in [4.78, 5) is 30.7. The van der Waals surface area contributed by atoms with Crippen molar-refractivity contribution in [1.29, 1.82) is 0 Å². The lowest BCUT2D eigenvalue weighted by molar-refractivity contribution is 0.0961. The van der Waals surface area contributed by atoms with Crippen molar-refractivity contribution in [3.63, 3.8) is 0 Å². The van der Waals surface area contributed by atoms with E-state index in [-0.39, 0.29) is 11.8 Å². The molecule has 7 heteroatoms. The van der Waals surface area contributed by atoms with E-state index in [1.807, 2.05) is 36.6 Å². The van der Waals surface area contributed by atoms with Crippen LogP contribution in [-0.4, -0.2) is 30.5 Å². The molecular weight excluding hydrogens is 386 g/mol. The van der Waals surface area contributed by atoms with E-state index in [1.54, 1.807) is 44.5 Å². The van der Waals surface area contributed by atoms with Gasteiger partial charge >= 0.3 is 0 Å². The van der Waals surface area contributed by atoms with Gasteiger partial charge < -0.3 is 14.6 Å². The molecule has 0 radical (unpaired) electrons. The molecule has 0 saturated heterocycles. The minimum Gasteiger partial charge on any atom is -0.497 e. The van der Waals surface area contributed by atoms with Gasteiger partial charge in [0.15, 0.2) is 4.80 Å². The monoisotopic (exact) mass is 409 g/mol. The van der Waals surface area contributed by atoms with Crippen molar-refractivity contribution in [3.8, 4) is 5.75 Å². The number of thiazole rings is 1. The number of nitrogens with one attached hydrogen (secondary N) is 1. The topological polar surface area (TPSA) is 72.7 Å². The highest BCUT2D eigenvalue weighted by atomic mass is 32.1. The predicted octanol–water partition coefficient (Wildman–Crippen LogP) is 3.32. The number of benzene rings is 2. The standard InChI is InChI=1S/C22H23N3O3S/c1-14-15(2)29-22(24-21(27)18-9-6-10-19(12-18)28-4)25(14)13-16-7-5-8-17(11-16)20(26)23-3/h5-12H,13H2,1-4H3,(H,23,26). The van der Waals surface area contributed by atoms with Crippen LogP contribution in [0.15, 0.2) is 53.5 Å². The lowest BCUT2D eigenvalue weighted by atomic mass is 10.1. The summed E-state index contributed by atoms with van der Waals surface area (Å²) in [6.45, 7) is 4.53. The second kappa shape index (κ2) is 8.87. The van der Waals surface area contributed by atoms with Gasteiger partial charge in [-0.15, -0.1) is 11.3 Å². The molecule has 150 valence electrons. The smallest absolute Gasteiger partial charge is 0.279 e. The Kier molecular flexibility index (Phi) is 6.29. The Hall–Kier alpha value is -3.19. The number of hydrogen-bond acceptors (Lipinski definition) is 4. The fourth-order valence-electron chi connectivity index (χ4n) is 2.91. The molecule has 3 rings (SSSR count). The van der Waals surface area contributed by atoms with E-state index in [4.69, 9.17) is 4.74 Å². The maximum absolute atomic E-state index is 12.7. The van der Waals surface area contributed by atoms with Crippen LogP contribution >= 0.6 is 11.3 Å². The molecule has 29 heavy (non-hydrogen) atoms. The van der Waals surface area contributed by atoms with Crippen LogP contribution in [-0.2, 0) is 6.54 Å². The Balaban J connectivity index is 1.98. The molecule has 0 fully saturated rings. The zero-order chi connectivity index (χ0) is 21.0. The Morgan fingerprint density at radius 1 is 1.10 bits per heavy atom. The summed E-state index contributed by atoms with van der Waals surface area (Å²) in [7, 11) is 3.17. The van der Waals surface area contributed by atoms with Crippen LogP contribution in [0.3, 0.4) is 0 Å². The van der Waals surface area contributed by atoms with Crippen molar-refractivity contribution in [2.24, 2.45) is 4.99 Å². The molecule has 1 N–H and O–H groups in total. The Labute approximate surface area is 173 Å². The highest BCUT2D eigenvalue weighted by molar-refractivity contribution is 7.09. The number of rotatable bonds is 5. The van der Waals surface area contributed by atoms with Crippen molar-refractivity contribution in [2.75, 3.05) is 14.2 Å². The van der Waals surface area contributed by atoms with Crippen LogP contribution in [0.2, 0.25) is 0 Å². The van der Waals surface area contributed by atoms with E-state index < -0.39 is 0 Å². The number of aryl methyl sites for hydroxylation is 1. The molecule has 1 heterocycles. The summed E-state index contributed by atoms with van der Waals surface area (Å²) in [5, 5.41) is 2.64. The van der Waals surface area contributed by atoms with Crippen molar-refractivity contribution in [2.45, 2.75) is 20.4 Å². The zero-order valence-corrected chi connectivity index (χ0v) is 17.7. The van der Waals surface area contributed by atoms with Gasteiger partial charge in [-0.2, -0.15) is 4.99 Å². The lowest BCUT2D eigenvalue weighted by Gasteiger charge is -2.08. The third kappa shape index (κ3) is 4.63. The Bertz CT molecular complexity index is 1130. The van der Waals surface area contributed by atoms with Crippen molar-refractivity contribution < 1.29 is 14.3 Å². The van der Waals surface area contributed by atoms with Crippen molar-refractivity contribution >= 4 is 23.2 Å². The summed E-state index contributed by atoms with van der Waals surface area (Å²) in [5.41, 5.74) is 3.07. The number of amides is 2. The molecule has 0 aliphatic carbocycles. The molecule has 0 aliphatic heterocycles. The van der Waals surface area contributed by atoms with E-state index in [1.165, 1.54) is 11.3 Å². The second-order valence-electron chi connectivity index (χ2n) is 6.54. The highest BCUT2D eigenvalue weighted by Gasteiger charge is 2.12. The van der Waals surface area contributed by atoms with Gasteiger partial charge in [0.1, 0.15) is 5.75 Å². The normalized spacial score (nSPS) is 11.4. The van der Waals surface area contributed by atoms with Gasteiger partial charge in [-0.1, -0.05) is 18.2 Å². The molecule has 2 aromatic carbocycles. The SMILES string of the molecule is CNC(=O)c1cccc(Cn2c(C)c(C)sc2=NC(=O)c2cccc(OC)c2)c1. The molecule has 3 aromatic rings. The Morgan fingerprint density at radius 2 is 1.83 bits per heavy atom. The summed E-state index contributed by atoms with van der Waals surface area (Å²) < 4.78 is 7.19. The summed E-state index contributed by atoms with van der Waals surface area (Å²) >= 11 is 1.47. The average molecular weight is 410 g/mol. The minimum atomic E-state index is -0.321. The molecule has 6 nitrogen and oxygen atoms in total. The van der Waals surface area contributed by atoms with Crippen LogP contribution in [0.5, 0.6) is 5.75 Å². The first-order valence-corrected chi connectivity index (χ1v) is 9.95. The number of methoxy groups -OCH3 is 1. The van der Waals surface area contributed by atoms with Crippen molar-refractivity contribution in [1.82, 2.24) is 9.88 Å². The maximum Gasteiger partial charge on any atom is 0.279 e. The maximum atomic E-state index is 12.7. The van der Waals surface area contributed by atoms with Gasteiger partial charge in [-0.25, -0.2) is 0 Å². The predicted molar refractivity (Wildman–Crippen MR) is 114 cm³/mol. The first-order chi connectivity index (χ1) is 13.9. The third-order valence-corrected chi connectivity index (χ3v) is 5.76. The summed E-state index contributed by atoms with van der Waals surface area (Å²) in [6.07, 6.45) is 0. The summed E-state index contributed by atoms with van der Waals surface area (Å²) in [5.74, 6) is 0.162. The molecular formula is C22H23N3O3S. The number of hydrogen-bond donors (Lipinski definition) is 1. The van der Waals surface area contributed by atoms with Crippen LogP contribution < -0.4 is 14.9 Å². The second-order valence-corrected chi connectivity index (χ2v) is 7.72. The molecule has 0 atom stereocenters. The summed E-state index contributed by atoms with van der Waals surface area (Å²) in [6, 6.07) is 14.4. The van der Waals surface area contributed by atoms with Gasteiger partial charge in [-0.3, -0.25) is 9.59 Å². The number of nitrogens with zero attached hydrogens (tertiary/aromatic N) is 2. The van der Waals surface area contributed by atoms with Gasteiger partial charge in [0.25, 0.3) is 11.8 Å². The van der Waals surface area contributed by atoms with E-state index in [9.17, 15) is 9.59 Å². The minimum absolute atomic E-state index is 0.131. The fraction of sp³-hybridized carbons (Fsp3) is 0.227. The lowest BCUT2D eigenvalue weighted by Crippen LogP contribution is -2.20. The molecule has 0 bridgehead atoms. The zero-order valence-electron chi connectivity index (χ0n) is 16.9. The van der Waals surface area contributed by atoms with Crippen LogP contribution in [0.4, 0.5) is 0 Å². The first kappa shape index (κ1) is 20.5. The van der Waals surface area contributed by atoms with Gasteiger partial charge in [0, 0.05) is 28.7 Å². The van der Waals surface area contributed by atoms with Gasteiger partial charge in [0.05, 0.1) is 13.7 Å². The average Bonchev–Trinajstić information content (AvgIpc) is 3.00. The van der Waals surface area contributed by atoms with Gasteiger partial charge in [-0.05, 0) is 49.7 Å². The van der Waals surface area contributed by atoms with E-state index in [0.29, 0.717) is 28.2 Å². The molecule has 0 aliphatic rings. The van der Waals surface area contributed by atoms with E-state index in [0.717, 1.165) is 16.1 Å². The molecule has 2 amide bonds. The quantitative estimate of drug-likeness (QED) is 0.703. The highest BCUT2D eigenvalue weighted by Crippen LogP contribution is 2.16. The number of carbonyl (C=O) groups excluding carboxylic acids is 2. The number of aromatic nitrogens is 1. The van der Waals surface area contributed by atoms with Crippen LogP contribution in [0.25, 0.3) is 0 Å². The number of carbonyl (C=O) groups is 2. The third-order valence-electron chi connectivity index (χ3n) is 4.66. The van der Waals surface area contributed by atoms with E-state index in [2.05, 4.69) is 10.3 Å². The molecule has 0 unspecified atom stereocenters. The number of ether oxygens (including phenoxy) is 1. The largest absolute Gasteiger partial charge is 0.497 e. The Morgan fingerprint density at radius 3 is 2.55 bits per heavy atom. The molecule has 1 aromatic heterocycles. The fourth-order valence-corrected chi connectivity index (χ4v) is 3.89. The van der Waals surface area contributed by atoms with E-state index >= 15 is 0 Å². The van der Waals surface area contributed by atoms with Crippen molar-refractivity contribution in [3.05, 3.63) is 80.6 Å². The molecule has 0 saturated carbocycles.